The summed E-state index contributed by atoms with van der Waals surface area (Å²) in [5.41, 5.74) is 3.43. The van der Waals surface area contributed by atoms with E-state index < -0.39 is 17.2 Å². The molecule has 2 N–H and O–H groups in total. The Bertz CT molecular complexity index is 615. The average Bonchev–Trinajstić information content (AvgIpc) is 2.61. The first-order valence-corrected chi connectivity index (χ1v) is 8.92. The second kappa shape index (κ2) is 8.93. The number of carbonyl (C=O) groups is 1. The van der Waals surface area contributed by atoms with Gasteiger partial charge in [0.2, 0.25) is 0 Å². The van der Waals surface area contributed by atoms with E-state index in [1.165, 1.54) is 10.4 Å². The number of anilines is 1. The summed E-state index contributed by atoms with van der Waals surface area (Å²) >= 11 is -2.18. The summed E-state index contributed by atoms with van der Waals surface area (Å²) < 4.78 is 24.0. The number of piperidine rings is 1. The van der Waals surface area contributed by atoms with Crippen LogP contribution in [0.4, 0.5) is 5.69 Å². The van der Waals surface area contributed by atoms with Gasteiger partial charge in [-0.25, -0.2) is 9.79 Å². The van der Waals surface area contributed by atoms with Gasteiger partial charge >= 0.3 is 0 Å². The summed E-state index contributed by atoms with van der Waals surface area (Å²) in [6, 6.07) is 7.71. The van der Waals surface area contributed by atoms with E-state index in [1.807, 2.05) is 31.2 Å². The molecule has 1 aliphatic rings. The first-order valence-electron chi connectivity index (χ1n) is 7.89. The van der Waals surface area contributed by atoms with Crippen LogP contribution in [-0.2, 0) is 16.1 Å². The summed E-state index contributed by atoms with van der Waals surface area (Å²) in [5.74, 6) is -0.583. The fourth-order valence-corrected chi connectivity index (χ4v) is 3.66. The van der Waals surface area contributed by atoms with Crippen LogP contribution in [0.3, 0.4) is 0 Å². The van der Waals surface area contributed by atoms with Crippen molar-refractivity contribution in [3.63, 3.8) is 0 Å². The summed E-state index contributed by atoms with van der Waals surface area (Å²) in [6.45, 7) is 3.82. The van der Waals surface area contributed by atoms with Gasteiger partial charge in [-0.05, 0) is 30.5 Å². The molecule has 1 saturated heterocycles. The van der Waals surface area contributed by atoms with Crippen molar-refractivity contribution < 1.29 is 18.8 Å². The largest absolute Gasteiger partial charge is 0.760 e. The van der Waals surface area contributed by atoms with Crippen molar-refractivity contribution in [2.75, 3.05) is 24.5 Å². The molecular formula is C16H22N3O4S-. The number of hydroxylamine groups is 1. The molecule has 0 bridgehead atoms. The van der Waals surface area contributed by atoms with Gasteiger partial charge in [-0.2, -0.15) is 0 Å². The van der Waals surface area contributed by atoms with Crippen molar-refractivity contribution in [1.29, 1.82) is 0 Å². The molecule has 1 aromatic rings. The lowest BCUT2D eigenvalue weighted by Crippen LogP contribution is -2.45. The third kappa shape index (κ3) is 4.64. The SMILES string of the molecule is CCN(C1CCN(c2ccccc2/C=C/C(=O)NO)CC1)S(=O)[O-]. The van der Waals surface area contributed by atoms with E-state index in [1.54, 1.807) is 11.6 Å². The minimum Gasteiger partial charge on any atom is -0.760 e. The number of benzene rings is 1. The number of hydrogen-bond acceptors (Lipinski definition) is 5. The van der Waals surface area contributed by atoms with Crippen molar-refractivity contribution in [3.8, 4) is 0 Å². The third-order valence-corrected chi connectivity index (χ3v) is 5.12. The molecule has 0 saturated carbocycles. The van der Waals surface area contributed by atoms with Crippen molar-refractivity contribution >= 4 is 28.9 Å². The lowest BCUT2D eigenvalue weighted by Gasteiger charge is -2.39. The standard InChI is InChI=1S/C16H23N3O4S/c1-2-19(24(22)23)14-9-11-18(12-10-14)15-6-4-3-5-13(15)7-8-16(20)17-21/h3-8,14,21H,2,9-12H2,1H3,(H,17,20)(H,22,23)/p-1/b8-7+. The zero-order valence-electron chi connectivity index (χ0n) is 13.6. The van der Waals surface area contributed by atoms with Gasteiger partial charge in [0.15, 0.2) is 0 Å². The van der Waals surface area contributed by atoms with Crippen LogP contribution >= 0.6 is 0 Å². The van der Waals surface area contributed by atoms with E-state index in [2.05, 4.69) is 4.90 Å². The van der Waals surface area contributed by atoms with Crippen molar-refractivity contribution in [3.05, 3.63) is 35.9 Å². The second-order valence-electron chi connectivity index (χ2n) is 5.54. The molecule has 8 heteroatoms. The van der Waals surface area contributed by atoms with E-state index in [0.717, 1.165) is 37.2 Å². The van der Waals surface area contributed by atoms with Crippen LogP contribution in [0.2, 0.25) is 0 Å². The van der Waals surface area contributed by atoms with Gasteiger partial charge in [0.05, 0.1) is 0 Å². The molecule has 1 heterocycles. The van der Waals surface area contributed by atoms with Crippen molar-refractivity contribution in [1.82, 2.24) is 9.79 Å². The Morgan fingerprint density at radius 1 is 1.46 bits per heavy atom. The third-order valence-electron chi connectivity index (χ3n) is 4.18. The molecule has 1 fully saturated rings. The smallest absolute Gasteiger partial charge is 0.267 e. The molecule has 1 aromatic carbocycles. The van der Waals surface area contributed by atoms with Crippen LogP contribution in [0.5, 0.6) is 0 Å². The summed E-state index contributed by atoms with van der Waals surface area (Å²) in [4.78, 5) is 13.4. The minimum absolute atomic E-state index is 0.0347. The maximum absolute atomic E-state index is 11.3. The number of nitrogens with zero attached hydrogens (tertiary/aromatic N) is 2. The lowest BCUT2D eigenvalue weighted by atomic mass is 10.0. The lowest BCUT2D eigenvalue weighted by molar-refractivity contribution is -0.124. The van der Waals surface area contributed by atoms with Crippen molar-refractivity contribution in [2.24, 2.45) is 0 Å². The molecule has 0 aromatic heterocycles. The zero-order chi connectivity index (χ0) is 17.5. The van der Waals surface area contributed by atoms with Crippen LogP contribution in [0.15, 0.2) is 30.3 Å². The summed E-state index contributed by atoms with van der Waals surface area (Å²) in [6.07, 6.45) is 4.44. The Hall–Kier alpha value is -1.74. The van der Waals surface area contributed by atoms with E-state index in [-0.39, 0.29) is 6.04 Å². The van der Waals surface area contributed by atoms with Crippen LogP contribution in [0.1, 0.15) is 25.3 Å². The van der Waals surface area contributed by atoms with Crippen LogP contribution in [0, 0.1) is 0 Å². The van der Waals surface area contributed by atoms with Crippen molar-refractivity contribution in [2.45, 2.75) is 25.8 Å². The van der Waals surface area contributed by atoms with Gasteiger partial charge in [0.25, 0.3) is 5.91 Å². The number of rotatable bonds is 6. The van der Waals surface area contributed by atoms with Gasteiger partial charge in [-0.1, -0.05) is 25.1 Å². The highest BCUT2D eigenvalue weighted by Crippen LogP contribution is 2.27. The Balaban J connectivity index is 2.08. The van der Waals surface area contributed by atoms with Crippen LogP contribution < -0.4 is 10.4 Å². The van der Waals surface area contributed by atoms with E-state index in [4.69, 9.17) is 5.21 Å². The summed E-state index contributed by atoms with van der Waals surface area (Å²) in [7, 11) is 0. The molecule has 1 amide bonds. The highest BCUT2D eigenvalue weighted by atomic mass is 32.2. The predicted molar refractivity (Wildman–Crippen MR) is 91.9 cm³/mol. The fourth-order valence-electron chi connectivity index (χ4n) is 3.00. The van der Waals surface area contributed by atoms with Gasteiger partial charge in [0.1, 0.15) is 0 Å². The molecule has 0 radical (unpaired) electrons. The van der Waals surface area contributed by atoms with E-state index in [0.29, 0.717) is 6.54 Å². The molecular weight excluding hydrogens is 330 g/mol. The monoisotopic (exact) mass is 352 g/mol. The quantitative estimate of drug-likeness (QED) is 0.348. The maximum Gasteiger partial charge on any atom is 0.267 e. The Kier molecular flexibility index (Phi) is 6.92. The van der Waals surface area contributed by atoms with Gasteiger partial charge in [-0.15, -0.1) is 0 Å². The Morgan fingerprint density at radius 3 is 2.71 bits per heavy atom. The van der Waals surface area contributed by atoms with Crippen LogP contribution in [-0.4, -0.2) is 49.9 Å². The fraction of sp³-hybridized carbons (Fsp3) is 0.438. The van der Waals surface area contributed by atoms with E-state index in [9.17, 15) is 13.6 Å². The molecule has 0 spiro atoms. The Morgan fingerprint density at radius 2 is 2.12 bits per heavy atom. The normalized spacial score (nSPS) is 17.4. The first kappa shape index (κ1) is 18.6. The number of nitrogens with one attached hydrogen (secondary N) is 1. The molecule has 7 nitrogen and oxygen atoms in total. The average molecular weight is 352 g/mol. The molecule has 1 unspecified atom stereocenters. The zero-order valence-corrected chi connectivity index (χ0v) is 14.4. The first-order chi connectivity index (χ1) is 11.6. The minimum atomic E-state index is -2.18. The molecule has 2 rings (SSSR count). The van der Waals surface area contributed by atoms with Gasteiger partial charge < -0.3 is 9.45 Å². The van der Waals surface area contributed by atoms with E-state index >= 15 is 0 Å². The number of carbonyl (C=O) groups excluding carboxylic acids is 1. The van der Waals surface area contributed by atoms with Gasteiger partial charge in [-0.3, -0.25) is 14.2 Å². The topological polar surface area (TPSA) is 95.9 Å². The highest BCUT2D eigenvalue weighted by molar-refractivity contribution is 7.76. The number of amides is 1. The maximum atomic E-state index is 11.3. The molecule has 0 aliphatic carbocycles. The molecule has 24 heavy (non-hydrogen) atoms. The Labute approximate surface area is 144 Å². The summed E-state index contributed by atoms with van der Waals surface area (Å²) in [5, 5.41) is 8.56. The molecule has 132 valence electrons. The molecule has 1 atom stereocenters. The van der Waals surface area contributed by atoms with Gasteiger partial charge in [0, 0.05) is 48.7 Å². The predicted octanol–water partition coefficient (Wildman–Crippen LogP) is 1.29. The van der Waals surface area contributed by atoms with Crippen LogP contribution in [0.25, 0.3) is 6.08 Å². The second-order valence-corrected chi connectivity index (χ2v) is 6.44. The molecule has 1 aliphatic heterocycles. The number of hydrogen-bond donors (Lipinski definition) is 2. The highest BCUT2D eigenvalue weighted by Gasteiger charge is 2.25. The number of para-hydroxylation sites is 1.